The zero-order valence-electron chi connectivity index (χ0n) is 7.05. The lowest BCUT2D eigenvalue weighted by Crippen LogP contribution is -2.50. The lowest BCUT2D eigenvalue weighted by Gasteiger charge is -2.38. The van der Waals surface area contributed by atoms with Crippen molar-refractivity contribution in [3.63, 3.8) is 0 Å². The highest BCUT2D eigenvalue weighted by Crippen LogP contribution is 2.29. The zero-order chi connectivity index (χ0) is 8.54. The van der Waals surface area contributed by atoms with E-state index in [1.54, 1.807) is 0 Å². The maximum absolute atomic E-state index is 8.75. The normalized spacial score (nSPS) is 36.2. The third-order valence-corrected chi connectivity index (χ3v) is 2.00. The Morgan fingerprint density at radius 2 is 2.18 bits per heavy atom. The van der Waals surface area contributed by atoms with Gasteiger partial charge in [0.05, 0.1) is 18.3 Å². The number of hydrogen-bond acceptors (Lipinski definition) is 3. The molecule has 0 bridgehead atoms. The van der Waals surface area contributed by atoms with E-state index in [1.807, 2.05) is 13.8 Å². The maximum Gasteiger partial charge on any atom is 0.109 e. The van der Waals surface area contributed by atoms with Gasteiger partial charge in [-0.25, -0.2) is 0 Å². The molecule has 1 unspecified atom stereocenters. The number of nitrogens with zero attached hydrogens (tertiary/aromatic N) is 1. The first-order valence-corrected chi connectivity index (χ1v) is 3.82. The molecule has 0 aliphatic carbocycles. The van der Waals surface area contributed by atoms with Crippen LogP contribution in [-0.2, 0) is 4.74 Å². The van der Waals surface area contributed by atoms with Gasteiger partial charge in [0.1, 0.15) is 5.54 Å². The molecule has 1 atom stereocenters. The molecule has 2 N–H and O–H groups in total. The number of nitriles is 1. The molecule has 0 aromatic heterocycles. The van der Waals surface area contributed by atoms with Gasteiger partial charge in [0.25, 0.3) is 0 Å². The summed E-state index contributed by atoms with van der Waals surface area (Å²) in [4.78, 5) is 0. The van der Waals surface area contributed by atoms with Gasteiger partial charge in [-0.05, 0) is 13.8 Å². The molecule has 1 saturated heterocycles. The summed E-state index contributed by atoms with van der Waals surface area (Å²) in [5.41, 5.74) is 4.89. The van der Waals surface area contributed by atoms with Gasteiger partial charge >= 0.3 is 0 Å². The van der Waals surface area contributed by atoms with Crippen molar-refractivity contribution in [2.75, 3.05) is 6.61 Å². The lowest BCUT2D eigenvalue weighted by atomic mass is 9.83. The maximum atomic E-state index is 8.75. The summed E-state index contributed by atoms with van der Waals surface area (Å²) in [7, 11) is 0. The number of ether oxygens (including phenoxy) is 1. The highest BCUT2D eigenvalue weighted by atomic mass is 16.5. The first kappa shape index (κ1) is 8.51. The molecular weight excluding hydrogens is 140 g/mol. The van der Waals surface area contributed by atoms with E-state index in [0.29, 0.717) is 19.4 Å². The Morgan fingerprint density at radius 3 is 2.55 bits per heavy atom. The van der Waals surface area contributed by atoms with Crippen molar-refractivity contribution in [2.24, 2.45) is 5.73 Å². The lowest BCUT2D eigenvalue weighted by molar-refractivity contribution is -0.0693. The molecule has 62 valence electrons. The van der Waals surface area contributed by atoms with Gasteiger partial charge in [0, 0.05) is 12.8 Å². The molecular formula is C8H14N2O. The highest BCUT2D eigenvalue weighted by Gasteiger charge is 2.37. The topological polar surface area (TPSA) is 59.0 Å². The van der Waals surface area contributed by atoms with Gasteiger partial charge < -0.3 is 10.5 Å². The van der Waals surface area contributed by atoms with Crippen LogP contribution >= 0.6 is 0 Å². The first-order chi connectivity index (χ1) is 4.97. The molecule has 0 spiro atoms. The standard InChI is InChI=1S/C8H14N2O/c1-7(2)5-8(10,6-9)3-4-11-7/h3-5,10H2,1-2H3. The molecule has 1 fully saturated rings. The van der Waals surface area contributed by atoms with E-state index in [-0.39, 0.29) is 5.60 Å². The van der Waals surface area contributed by atoms with Gasteiger partial charge in [-0.15, -0.1) is 0 Å². The minimum Gasteiger partial charge on any atom is -0.375 e. The summed E-state index contributed by atoms with van der Waals surface area (Å²) in [5.74, 6) is 0. The minimum atomic E-state index is -0.665. The van der Waals surface area contributed by atoms with E-state index < -0.39 is 5.54 Å². The summed E-state index contributed by atoms with van der Waals surface area (Å²) in [6.45, 7) is 4.52. The Hall–Kier alpha value is -0.590. The van der Waals surface area contributed by atoms with Gasteiger partial charge in [0.15, 0.2) is 0 Å². The molecule has 3 heteroatoms. The molecule has 0 aromatic carbocycles. The molecule has 1 aliphatic rings. The quantitative estimate of drug-likeness (QED) is 0.561. The van der Waals surface area contributed by atoms with E-state index in [1.165, 1.54) is 0 Å². The zero-order valence-corrected chi connectivity index (χ0v) is 7.05. The molecule has 3 nitrogen and oxygen atoms in total. The second-order valence-corrected chi connectivity index (χ2v) is 3.80. The van der Waals surface area contributed by atoms with Crippen LogP contribution in [0, 0.1) is 11.3 Å². The average Bonchev–Trinajstić information content (AvgIpc) is 1.85. The van der Waals surface area contributed by atoms with Crippen LogP contribution in [0.1, 0.15) is 26.7 Å². The monoisotopic (exact) mass is 154 g/mol. The van der Waals surface area contributed by atoms with Gasteiger partial charge in [-0.1, -0.05) is 0 Å². The van der Waals surface area contributed by atoms with Crippen molar-refractivity contribution >= 4 is 0 Å². The van der Waals surface area contributed by atoms with Crippen LogP contribution in [0.3, 0.4) is 0 Å². The molecule has 0 amide bonds. The fraction of sp³-hybridized carbons (Fsp3) is 0.875. The predicted octanol–water partition coefficient (Wildman–Crippen LogP) is 0.796. The summed E-state index contributed by atoms with van der Waals surface area (Å²) >= 11 is 0. The number of nitrogens with two attached hydrogens (primary N) is 1. The van der Waals surface area contributed by atoms with Crippen LogP contribution < -0.4 is 5.73 Å². The Labute approximate surface area is 67.1 Å². The van der Waals surface area contributed by atoms with Crippen LogP contribution in [0.15, 0.2) is 0 Å². The highest BCUT2D eigenvalue weighted by molar-refractivity contribution is 5.09. The van der Waals surface area contributed by atoms with Crippen molar-refractivity contribution in [1.29, 1.82) is 5.26 Å². The van der Waals surface area contributed by atoms with Crippen molar-refractivity contribution < 1.29 is 4.74 Å². The third-order valence-electron chi connectivity index (χ3n) is 2.00. The van der Waals surface area contributed by atoms with Crippen LogP contribution in [0.25, 0.3) is 0 Å². The second kappa shape index (κ2) is 2.47. The van der Waals surface area contributed by atoms with Gasteiger partial charge in [-0.3, -0.25) is 0 Å². The molecule has 1 heterocycles. The van der Waals surface area contributed by atoms with Crippen LogP contribution in [-0.4, -0.2) is 17.7 Å². The van der Waals surface area contributed by atoms with Crippen molar-refractivity contribution in [3.8, 4) is 6.07 Å². The number of rotatable bonds is 0. The minimum absolute atomic E-state index is 0.233. The van der Waals surface area contributed by atoms with Crippen molar-refractivity contribution in [2.45, 2.75) is 37.8 Å². The summed E-state index contributed by atoms with van der Waals surface area (Å²) < 4.78 is 5.43. The van der Waals surface area contributed by atoms with Crippen LogP contribution in [0.5, 0.6) is 0 Å². The molecule has 0 saturated carbocycles. The summed E-state index contributed by atoms with van der Waals surface area (Å²) in [6.07, 6.45) is 1.27. The third kappa shape index (κ3) is 1.92. The SMILES string of the molecule is CC1(C)CC(N)(C#N)CCO1. The summed E-state index contributed by atoms with van der Waals surface area (Å²) in [6, 6.07) is 2.13. The van der Waals surface area contributed by atoms with Gasteiger partial charge in [0.2, 0.25) is 0 Å². The smallest absolute Gasteiger partial charge is 0.109 e. The number of hydrogen-bond donors (Lipinski definition) is 1. The second-order valence-electron chi connectivity index (χ2n) is 3.80. The first-order valence-electron chi connectivity index (χ1n) is 3.82. The molecule has 1 aliphatic heterocycles. The summed E-state index contributed by atoms with van der Waals surface area (Å²) in [5, 5.41) is 8.75. The van der Waals surface area contributed by atoms with E-state index in [4.69, 9.17) is 15.7 Å². The molecule has 1 rings (SSSR count). The Morgan fingerprint density at radius 1 is 1.55 bits per heavy atom. The average molecular weight is 154 g/mol. The van der Waals surface area contributed by atoms with E-state index in [0.717, 1.165) is 0 Å². The van der Waals surface area contributed by atoms with E-state index in [2.05, 4.69) is 6.07 Å². The largest absolute Gasteiger partial charge is 0.375 e. The Bertz CT molecular complexity index is 195. The van der Waals surface area contributed by atoms with Crippen molar-refractivity contribution in [1.82, 2.24) is 0 Å². The van der Waals surface area contributed by atoms with E-state index >= 15 is 0 Å². The molecule has 0 radical (unpaired) electrons. The van der Waals surface area contributed by atoms with Gasteiger partial charge in [-0.2, -0.15) is 5.26 Å². The fourth-order valence-corrected chi connectivity index (χ4v) is 1.50. The van der Waals surface area contributed by atoms with E-state index in [9.17, 15) is 0 Å². The van der Waals surface area contributed by atoms with Crippen LogP contribution in [0.2, 0.25) is 0 Å². The fourth-order valence-electron chi connectivity index (χ4n) is 1.50. The predicted molar refractivity (Wildman–Crippen MR) is 41.8 cm³/mol. The molecule has 0 aromatic rings. The van der Waals surface area contributed by atoms with Crippen LogP contribution in [0.4, 0.5) is 0 Å². The molecule has 11 heavy (non-hydrogen) atoms. The Balaban J connectivity index is 2.69. The Kier molecular flexibility index (Phi) is 1.91. The van der Waals surface area contributed by atoms with Crippen molar-refractivity contribution in [3.05, 3.63) is 0 Å².